The number of aryl methyl sites for hydroxylation is 2. The summed E-state index contributed by atoms with van der Waals surface area (Å²) >= 11 is 0. The van der Waals surface area contributed by atoms with E-state index in [1.54, 1.807) is 6.20 Å². The first kappa shape index (κ1) is 15.4. The molecule has 1 N–H and O–H groups in total. The largest absolute Gasteiger partial charge is 0.437 e. The average Bonchev–Trinajstić information content (AvgIpc) is 2.38. The minimum absolute atomic E-state index is 0.0815. The molecule has 0 aliphatic carbocycles. The van der Waals surface area contributed by atoms with Gasteiger partial charge in [-0.05, 0) is 58.4 Å². The van der Waals surface area contributed by atoms with Crippen LogP contribution in [-0.4, -0.2) is 15.5 Å². The summed E-state index contributed by atoms with van der Waals surface area (Å²) in [5.41, 5.74) is 3.04. The van der Waals surface area contributed by atoms with Gasteiger partial charge in [-0.3, -0.25) is 4.98 Å². The van der Waals surface area contributed by atoms with Gasteiger partial charge in [0.1, 0.15) is 0 Å². The number of aromatic nitrogens is 2. The Kier molecular flexibility index (Phi) is 4.58. The summed E-state index contributed by atoms with van der Waals surface area (Å²) in [6, 6.07) is 7.81. The van der Waals surface area contributed by atoms with Crippen molar-refractivity contribution in [3.05, 3.63) is 47.4 Å². The average molecular weight is 285 g/mol. The first-order chi connectivity index (χ1) is 9.83. The van der Waals surface area contributed by atoms with Crippen molar-refractivity contribution in [1.29, 1.82) is 0 Å². The fraction of sp³-hybridized carbons (Fsp3) is 0.412. The molecule has 0 unspecified atom stereocenters. The zero-order chi connectivity index (χ0) is 15.5. The van der Waals surface area contributed by atoms with E-state index in [4.69, 9.17) is 4.74 Å². The summed E-state index contributed by atoms with van der Waals surface area (Å²) in [6.45, 7) is 11.1. The Labute approximate surface area is 126 Å². The van der Waals surface area contributed by atoms with Crippen LogP contribution in [0.25, 0.3) is 0 Å². The van der Waals surface area contributed by atoms with Crippen LogP contribution in [0.3, 0.4) is 0 Å². The molecule has 4 nitrogen and oxygen atoms in total. The summed E-state index contributed by atoms with van der Waals surface area (Å²) in [7, 11) is 0. The van der Waals surface area contributed by atoms with Crippen molar-refractivity contribution in [2.75, 3.05) is 0 Å². The predicted molar refractivity (Wildman–Crippen MR) is 84.6 cm³/mol. The molecule has 0 amide bonds. The van der Waals surface area contributed by atoms with E-state index in [0.29, 0.717) is 5.88 Å². The molecule has 0 atom stereocenters. The monoisotopic (exact) mass is 285 g/mol. The van der Waals surface area contributed by atoms with Gasteiger partial charge < -0.3 is 10.1 Å². The van der Waals surface area contributed by atoms with Crippen LogP contribution in [-0.2, 0) is 6.54 Å². The van der Waals surface area contributed by atoms with Crippen molar-refractivity contribution >= 4 is 0 Å². The lowest BCUT2D eigenvalue weighted by molar-refractivity contribution is 0.421. The molecule has 2 rings (SSSR count). The smallest absolute Gasteiger partial charge is 0.219 e. The molecular formula is C17H23N3O. The van der Waals surface area contributed by atoms with Crippen molar-refractivity contribution in [2.45, 2.75) is 46.7 Å². The van der Waals surface area contributed by atoms with Gasteiger partial charge in [0.2, 0.25) is 5.88 Å². The highest BCUT2D eigenvalue weighted by Gasteiger charge is 2.10. The lowest BCUT2D eigenvalue weighted by atomic mass is 10.1. The first-order valence-corrected chi connectivity index (χ1v) is 7.15. The van der Waals surface area contributed by atoms with E-state index in [9.17, 15) is 0 Å². The maximum Gasteiger partial charge on any atom is 0.219 e. The number of hydrogen-bond acceptors (Lipinski definition) is 4. The molecule has 0 saturated carbocycles. The molecule has 2 aromatic rings. The third-order valence-electron chi connectivity index (χ3n) is 2.99. The van der Waals surface area contributed by atoms with Gasteiger partial charge in [-0.15, -0.1) is 0 Å². The standard InChI is InChI=1S/C17H23N3O/c1-12-9-14(11-19-17(3,4)5)10-16(20-12)21-15-7-6-8-18-13(15)2/h6-10,19H,11H2,1-5H3. The van der Waals surface area contributed by atoms with Gasteiger partial charge in [0.25, 0.3) is 0 Å². The van der Waals surface area contributed by atoms with Gasteiger partial charge in [-0.2, -0.15) is 0 Å². The van der Waals surface area contributed by atoms with E-state index in [1.165, 1.54) is 0 Å². The second-order valence-corrected chi connectivity index (χ2v) is 6.25. The van der Waals surface area contributed by atoms with E-state index in [0.717, 1.165) is 29.2 Å². The van der Waals surface area contributed by atoms with Crippen LogP contribution in [0.5, 0.6) is 11.6 Å². The minimum Gasteiger partial charge on any atom is -0.437 e. The molecule has 2 aromatic heterocycles. The van der Waals surface area contributed by atoms with E-state index < -0.39 is 0 Å². The zero-order valence-corrected chi connectivity index (χ0v) is 13.4. The van der Waals surface area contributed by atoms with E-state index in [-0.39, 0.29) is 5.54 Å². The molecule has 112 valence electrons. The van der Waals surface area contributed by atoms with E-state index >= 15 is 0 Å². The van der Waals surface area contributed by atoms with Gasteiger partial charge in [0.15, 0.2) is 5.75 Å². The molecule has 0 aliphatic heterocycles. The van der Waals surface area contributed by atoms with Gasteiger partial charge in [-0.1, -0.05) is 0 Å². The molecule has 21 heavy (non-hydrogen) atoms. The van der Waals surface area contributed by atoms with Crippen molar-refractivity contribution in [3.8, 4) is 11.6 Å². The first-order valence-electron chi connectivity index (χ1n) is 7.15. The summed E-state index contributed by atoms with van der Waals surface area (Å²) in [5.74, 6) is 1.35. The fourth-order valence-electron chi connectivity index (χ4n) is 1.92. The van der Waals surface area contributed by atoms with Crippen LogP contribution in [0.15, 0.2) is 30.5 Å². The third kappa shape index (κ3) is 4.83. The Morgan fingerprint density at radius 1 is 1.19 bits per heavy atom. The van der Waals surface area contributed by atoms with Gasteiger partial charge >= 0.3 is 0 Å². The molecule has 0 aliphatic rings. The van der Waals surface area contributed by atoms with Crippen molar-refractivity contribution < 1.29 is 4.74 Å². The van der Waals surface area contributed by atoms with Crippen LogP contribution in [0, 0.1) is 13.8 Å². The van der Waals surface area contributed by atoms with Crippen LogP contribution in [0.2, 0.25) is 0 Å². The Hall–Kier alpha value is -1.94. The maximum atomic E-state index is 5.86. The number of nitrogens with zero attached hydrogens (tertiary/aromatic N) is 2. The summed E-state index contributed by atoms with van der Waals surface area (Å²) in [4.78, 5) is 8.66. The number of nitrogens with one attached hydrogen (secondary N) is 1. The van der Waals surface area contributed by atoms with Crippen LogP contribution < -0.4 is 10.1 Å². The Balaban J connectivity index is 2.17. The van der Waals surface area contributed by atoms with Crippen LogP contribution in [0.4, 0.5) is 0 Å². The zero-order valence-electron chi connectivity index (χ0n) is 13.4. The second-order valence-electron chi connectivity index (χ2n) is 6.25. The number of ether oxygens (including phenoxy) is 1. The summed E-state index contributed by atoms with van der Waals surface area (Å²) < 4.78 is 5.86. The SMILES string of the molecule is Cc1cc(CNC(C)(C)C)cc(Oc2cccnc2C)n1. The highest BCUT2D eigenvalue weighted by atomic mass is 16.5. The number of rotatable bonds is 4. The summed E-state index contributed by atoms with van der Waals surface area (Å²) in [5, 5.41) is 3.47. The Morgan fingerprint density at radius 2 is 1.95 bits per heavy atom. The molecule has 0 bridgehead atoms. The highest BCUT2D eigenvalue weighted by molar-refractivity contribution is 5.32. The molecule has 4 heteroatoms. The van der Waals surface area contributed by atoms with Crippen molar-refractivity contribution in [2.24, 2.45) is 0 Å². The van der Waals surface area contributed by atoms with Crippen LogP contribution >= 0.6 is 0 Å². The topological polar surface area (TPSA) is 47.0 Å². The van der Waals surface area contributed by atoms with Crippen LogP contribution in [0.1, 0.15) is 37.7 Å². The molecule has 0 spiro atoms. The minimum atomic E-state index is 0.0815. The molecule has 0 fully saturated rings. The van der Waals surface area contributed by atoms with Gasteiger partial charge in [-0.25, -0.2) is 4.98 Å². The predicted octanol–water partition coefficient (Wildman–Crippen LogP) is 3.77. The van der Waals surface area contributed by atoms with E-state index in [1.807, 2.05) is 32.0 Å². The normalized spacial score (nSPS) is 11.5. The van der Waals surface area contributed by atoms with Gasteiger partial charge in [0.05, 0.1) is 5.69 Å². The molecule has 2 heterocycles. The van der Waals surface area contributed by atoms with Gasteiger partial charge in [0, 0.05) is 30.0 Å². The molecule has 0 saturated heterocycles. The molecule has 0 radical (unpaired) electrons. The quantitative estimate of drug-likeness (QED) is 0.928. The number of hydrogen-bond donors (Lipinski definition) is 1. The van der Waals surface area contributed by atoms with E-state index in [2.05, 4.69) is 42.1 Å². The van der Waals surface area contributed by atoms with Crippen molar-refractivity contribution in [3.63, 3.8) is 0 Å². The second kappa shape index (κ2) is 6.22. The highest BCUT2D eigenvalue weighted by Crippen LogP contribution is 2.23. The number of pyridine rings is 2. The Bertz CT molecular complexity index is 618. The lowest BCUT2D eigenvalue weighted by Crippen LogP contribution is -2.35. The maximum absolute atomic E-state index is 5.86. The lowest BCUT2D eigenvalue weighted by Gasteiger charge is -2.20. The molecule has 0 aromatic carbocycles. The fourth-order valence-corrected chi connectivity index (χ4v) is 1.92. The van der Waals surface area contributed by atoms with Crippen molar-refractivity contribution in [1.82, 2.24) is 15.3 Å². The molecular weight excluding hydrogens is 262 g/mol. The third-order valence-corrected chi connectivity index (χ3v) is 2.99. The summed E-state index contributed by atoms with van der Waals surface area (Å²) in [6.07, 6.45) is 1.75. The Morgan fingerprint density at radius 3 is 2.62 bits per heavy atom.